The Morgan fingerprint density at radius 1 is 1.18 bits per heavy atom. The lowest BCUT2D eigenvalue weighted by Crippen LogP contribution is -2.07. The number of para-hydroxylation sites is 1. The second-order valence-electron chi connectivity index (χ2n) is 3.90. The molecule has 86 valence electrons. The average Bonchev–Trinajstić information content (AvgIpc) is 2.32. The topological polar surface area (TPSA) is 43.1 Å². The predicted molar refractivity (Wildman–Crippen MR) is 65.4 cm³/mol. The molecule has 0 saturated heterocycles. The fourth-order valence-electron chi connectivity index (χ4n) is 1.68. The number of hydrogen-bond donors (Lipinski definition) is 1. The average molecular weight is 229 g/mol. The van der Waals surface area contributed by atoms with E-state index in [1.807, 2.05) is 13.0 Å². The van der Waals surface area contributed by atoms with Gasteiger partial charge in [0.15, 0.2) is 5.78 Å². The van der Waals surface area contributed by atoms with Crippen molar-refractivity contribution in [1.29, 1.82) is 0 Å². The van der Waals surface area contributed by atoms with Crippen LogP contribution in [0.3, 0.4) is 0 Å². The van der Waals surface area contributed by atoms with Gasteiger partial charge in [0, 0.05) is 11.1 Å². The maximum Gasteiger partial charge on any atom is 0.195 e. The summed E-state index contributed by atoms with van der Waals surface area (Å²) in [7, 11) is 0. The second-order valence-corrected chi connectivity index (χ2v) is 3.90. The van der Waals surface area contributed by atoms with Gasteiger partial charge in [0.05, 0.1) is 5.69 Å². The van der Waals surface area contributed by atoms with Gasteiger partial charge in [-0.2, -0.15) is 0 Å². The highest BCUT2D eigenvalue weighted by Gasteiger charge is 2.14. The quantitative estimate of drug-likeness (QED) is 0.635. The molecular formula is C14H12FNO. The van der Waals surface area contributed by atoms with Crippen LogP contribution in [0.5, 0.6) is 0 Å². The molecule has 2 nitrogen and oxygen atoms in total. The molecule has 0 radical (unpaired) electrons. The number of benzene rings is 2. The van der Waals surface area contributed by atoms with Gasteiger partial charge in [-0.3, -0.25) is 4.79 Å². The van der Waals surface area contributed by atoms with E-state index in [4.69, 9.17) is 5.73 Å². The number of nitrogen functional groups attached to an aromatic ring is 1. The third kappa shape index (κ3) is 2.18. The Morgan fingerprint density at radius 2 is 1.88 bits per heavy atom. The lowest BCUT2D eigenvalue weighted by molar-refractivity contribution is 0.103. The summed E-state index contributed by atoms with van der Waals surface area (Å²) in [5, 5.41) is 0. The zero-order valence-electron chi connectivity index (χ0n) is 9.41. The molecule has 0 spiro atoms. The van der Waals surface area contributed by atoms with Gasteiger partial charge in [0.25, 0.3) is 0 Å². The highest BCUT2D eigenvalue weighted by atomic mass is 19.1. The van der Waals surface area contributed by atoms with E-state index in [-0.39, 0.29) is 17.0 Å². The van der Waals surface area contributed by atoms with Crippen molar-refractivity contribution in [3.63, 3.8) is 0 Å². The first-order chi connectivity index (χ1) is 8.09. The SMILES string of the molecule is Cc1cccc(C(=O)c2cccc(F)c2N)c1. The van der Waals surface area contributed by atoms with Gasteiger partial charge < -0.3 is 5.73 Å². The number of hydrogen-bond acceptors (Lipinski definition) is 2. The van der Waals surface area contributed by atoms with Crippen molar-refractivity contribution in [1.82, 2.24) is 0 Å². The number of rotatable bonds is 2. The van der Waals surface area contributed by atoms with E-state index in [1.54, 1.807) is 18.2 Å². The van der Waals surface area contributed by atoms with E-state index in [9.17, 15) is 9.18 Å². The smallest absolute Gasteiger partial charge is 0.195 e. The number of ketones is 1. The third-order valence-electron chi connectivity index (χ3n) is 2.58. The van der Waals surface area contributed by atoms with Crippen LogP contribution in [0.2, 0.25) is 0 Å². The Morgan fingerprint density at radius 3 is 2.59 bits per heavy atom. The van der Waals surface area contributed by atoms with Crippen molar-refractivity contribution in [2.75, 3.05) is 5.73 Å². The molecule has 2 aromatic carbocycles. The van der Waals surface area contributed by atoms with Crippen LogP contribution >= 0.6 is 0 Å². The van der Waals surface area contributed by atoms with E-state index < -0.39 is 5.82 Å². The normalized spacial score (nSPS) is 10.2. The molecule has 2 rings (SSSR count). The van der Waals surface area contributed by atoms with Crippen LogP contribution in [-0.4, -0.2) is 5.78 Å². The van der Waals surface area contributed by atoms with E-state index in [0.29, 0.717) is 5.56 Å². The maximum absolute atomic E-state index is 13.3. The first kappa shape index (κ1) is 11.3. The number of nitrogens with two attached hydrogens (primary N) is 1. The Hall–Kier alpha value is -2.16. The Bertz CT molecular complexity index is 578. The minimum Gasteiger partial charge on any atom is -0.396 e. The van der Waals surface area contributed by atoms with Gasteiger partial charge in [-0.1, -0.05) is 29.8 Å². The van der Waals surface area contributed by atoms with Crippen molar-refractivity contribution in [3.8, 4) is 0 Å². The zero-order valence-corrected chi connectivity index (χ0v) is 9.41. The summed E-state index contributed by atoms with van der Waals surface area (Å²) in [5.41, 5.74) is 7.16. The van der Waals surface area contributed by atoms with E-state index in [0.717, 1.165) is 5.56 Å². The zero-order chi connectivity index (χ0) is 12.4. The van der Waals surface area contributed by atoms with Gasteiger partial charge in [-0.05, 0) is 25.1 Å². The van der Waals surface area contributed by atoms with Gasteiger partial charge in [-0.15, -0.1) is 0 Å². The second kappa shape index (κ2) is 4.37. The van der Waals surface area contributed by atoms with Gasteiger partial charge >= 0.3 is 0 Å². The molecule has 0 heterocycles. The molecule has 0 saturated carbocycles. The summed E-state index contributed by atoms with van der Waals surface area (Å²) in [6.45, 7) is 1.89. The summed E-state index contributed by atoms with van der Waals surface area (Å²) in [6, 6.07) is 11.4. The van der Waals surface area contributed by atoms with Gasteiger partial charge in [-0.25, -0.2) is 4.39 Å². The molecule has 0 bridgehead atoms. The summed E-state index contributed by atoms with van der Waals surface area (Å²) < 4.78 is 13.3. The van der Waals surface area contributed by atoms with Crippen LogP contribution in [0.15, 0.2) is 42.5 Å². The molecule has 17 heavy (non-hydrogen) atoms. The summed E-state index contributed by atoms with van der Waals surface area (Å²) in [4.78, 5) is 12.1. The van der Waals surface area contributed by atoms with E-state index in [2.05, 4.69) is 0 Å². The van der Waals surface area contributed by atoms with Crippen molar-refractivity contribution >= 4 is 11.5 Å². The molecule has 0 aliphatic heterocycles. The number of carbonyl (C=O) groups excluding carboxylic acids is 1. The molecule has 0 amide bonds. The molecule has 3 heteroatoms. The largest absolute Gasteiger partial charge is 0.396 e. The highest BCUT2D eigenvalue weighted by Crippen LogP contribution is 2.19. The number of anilines is 1. The molecule has 0 aliphatic rings. The van der Waals surface area contributed by atoms with Crippen molar-refractivity contribution in [3.05, 3.63) is 65.0 Å². The van der Waals surface area contributed by atoms with Crippen LogP contribution in [-0.2, 0) is 0 Å². The first-order valence-corrected chi connectivity index (χ1v) is 5.25. The summed E-state index contributed by atoms with van der Waals surface area (Å²) in [6.07, 6.45) is 0. The Balaban J connectivity index is 2.48. The molecule has 0 aromatic heterocycles. The fourth-order valence-corrected chi connectivity index (χ4v) is 1.68. The minimum absolute atomic E-state index is 0.0981. The van der Waals surface area contributed by atoms with Crippen LogP contribution in [0.25, 0.3) is 0 Å². The first-order valence-electron chi connectivity index (χ1n) is 5.25. The maximum atomic E-state index is 13.3. The molecule has 2 N–H and O–H groups in total. The minimum atomic E-state index is -0.566. The van der Waals surface area contributed by atoms with Crippen molar-refractivity contribution < 1.29 is 9.18 Å². The predicted octanol–water partition coefficient (Wildman–Crippen LogP) is 2.95. The van der Waals surface area contributed by atoms with E-state index in [1.165, 1.54) is 18.2 Å². The van der Waals surface area contributed by atoms with Crippen LogP contribution < -0.4 is 5.73 Å². The Kier molecular flexibility index (Phi) is 2.91. The summed E-state index contributed by atoms with van der Waals surface area (Å²) in [5.74, 6) is -0.825. The summed E-state index contributed by atoms with van der Waals surface area (Å²) >= 11 is 0. The fraction of sp³-hybridized carbons (Fsp3) is 0.0714. The standard InChI is InChI=1S/C14H12FNO/c1-9-4-2-5-10(8-9)14(17)11-6-3-7-12(15)13(11)16/h2-8H,16H2,1H3. The highest BCUT2D eigenvalue weighted by molar-refractivity contribution is 6.12. The monoisotopic (exact) mass is 229 g/mol. The molecule has 0 unspecified atom stereocenters. The van der Waals surface area contributed by atoms with Crippen molar-refractivity contribution in [2.45, 2.75) is 6.92 Å². The molecular weight excluding hydrogens is 217 g/mol. The number of aryl methyl sites for hydroxylation is 1. The molecule has 0 aliphatic carbocycles. The van der Waals surface area contributed by atoms with Crippen LogP contribution in [0.1, 0.15) is 21.5 Å². The van der Waals surface area contributed by atoms with E-state index >= 15 is 0 Å². The molecule has 0 fully saturated rings. The molecule has 0 atom stereocenters. The molecule has 2 aromatic rings. The van der Waals surface area contributed by atoms with Crippen LogP contribution in [0, 0.1) is 12.7 Å². The lowest BCUT2D eigenvalue weighted by atomic mass is 10.0. The lowest BCUT2D eigenvalue weighted by Gasteiger charge is -2.06. The number of halogens is 1. The van der Waals surface area contributed by atoms with Crippen LogP contribution in [0.4, 0.5) is 10.1 Å². The van der Waals surface area contributed by atoms with Gasteiger partial charge in [0.1, 0.15) is 5.82 Å². The number of carbonyl (C=O) groups is 1. The Labute approximate surface area is 98.9 Å². The van der Waals surface area contributed by atoms with Crippen molar-refractivity contribution in [2.24, 2.45) is 0 Å². The van der Waals surface area contributed by atoms with Gasteiger partial charge in [0.2, 0.25) is 0 Å². The third-order valence-corrected chi connectivity index (χ3v) is 2.58.